The van der Waals surface area contributed by atoms with Gasteiger partial charge in [0.2, 0.25) is 0 Å². The zero-order chi connectivity index (χ0) is 11.7. The number of rotatable bonds is 1. The van der Waals surface area contributed by atoms with Crippen LogP contribution in [0.15, 0.2) is 6.20 Å². The molecular weight excluding hydrogens is 204 g/mol. The summed E-state index contributed by atoms with van der Waals surface area (Å²) in [6.07, 6.45) is 3.18. The number of aromatic carboxylic acids is 1. The van der Waals surface area contributed by atoms with E-state index in [1.54, 1.807) is 0 Å². The third-order valence-electron chi connectivity index (χ3n) is 3.23. The zero-order valence-corrected chi connectivity index (χ0v) is 9.66. The van der Waals surface area contributed by atoms with Gasteiger partial charge >= 0.3 is 5.97 Å². The maximum atomic E-state index is 11.1. The standard InChI is InChI=1S/C12H16N2O2/c1-8-9-3-5-14(2)6-4-10(9)11(7-13-8)12(15)16/h7H,3-6H2,1-2H3,(H,15,16). The van der Waals surface area contributed by atoms with Crippen LogP contribution in [0.25, 0.3) is 0 Å². The van der Waals surface area contributed by atoms with Crippen LogP contribution in [0, 0.1) is 6.92 Å². The second kappa shape index (κ2) is 4.22. The van der Waals surface area contributed by atoms with E-state index in [9.17, 15) is 4.79 Å². The van der Waals surface area contributed by atoms with E-state index >= 15 is 0 Å². The number of likely N-dealkylation sites (N-methyl/N-ethyl adjacent to an activating group) is 1. The maximum Gasteiger partial charge on any atom is 0.337 e. The van der Waals surface area contributed by atoms with Crippen molar-refractivity contribution >= 4 is 5.97 Å². The van der Waals surface area contributed by atoms with Crippen LogP contribution in [-0.2, 0) is 12.8 Å². The second-order valence-corrected chi connectivity index (χ2v) is 4.32. The quantitative estimate of drug-likeness (QED) is 0.770. The lowest BCUT2D eigenvalue weighted by Crippen LogP contribution is -2.20. The molecule has 0 radical (unpaired) electrons. The number of aryl methyl sites for hydroxylation is 1. The highest BCUT2D eigenvalue weighted by atomic mass is 16.4. The first-order valence-corrected chi connectivity index (χ1v) is 5.48. The molecule has 86 valence electrons. The van der Waals surface area contributed by atoms with Crippen molar-refractivity contribution in [2.45, 2.75) is 19.8 Å². The highest BCUT2D eigenvalue weighted by Crippen LogP contribution is 2.21. The van der Waals surface area contributed by atoms with E-state index in [1.807, 2.05) is 6.92 Å². The lowest BCUT2D eigenvalue weighted by molar-refractivity contribution is 0.0695. The van der Waals surface area contributed by atoms with Crippen LogP contribution in [0.4, 0.5) is 0 Å². The van der Waals surface area contributed by atoms with Gasteiger partial charge in [0.25, 0.3) is 0 Å². The molecule has 0 amide bonds. The first kappa shape index (κ1) is 11.1. The van der Waals surface area contributed by atoms with Gasteiger partial charge in [-0.3, -0.25) is 4.98 Å². The molecule has 1 aromatic heterocycles. The molecule has 1 aliphatic rings. The number of carboxylic acid groups (broad SMARTS) is 1. The van der Waals surface area contributed by atoms with E-state index in [2.05, 4.69) is 16.9 Å². The molecule has 0 saturated carbocycles. The van der Waals surface area contributed by atoms with Crippen molar-refractivity contribution in [3.8, 4) is 0 Å². The Labute approximate surface area is 94.9 Å². The molecule has 0 bridgehead atoms. The molecule has 1 aromatic rings. The highest BCUT2D eigenvalue weighted by molar-refractivity contribution is 5.89. The summed E-state index contributed by atoms with van der Waals surface area (Å²) in [5, 5.41) is 9.14. The summed E-state index contributed by atoms with van der Waals surface area (Å²) in [4.78, 5) is 17.5. The van der Waals surface area contributed by atoms with E-state index < -0.39 is 5.97 Å². The van der Waals surface area contributed by atoms with Crippen molar-refractivity contribution in [2.24, 2.45) is 0 Å². The Morgan fingerprint density at radius 3 is 2.62 bits per heavy atom. The van der Waals surface area contributed by atoms with E-state index in [0.717, 1.165) is 42.8 Å². The molecule has 4 heteroatoms. The Morgan fingerprint density at radius 2 is 2.00 bits per heavy atom. The molecule has 0 aromatic carbocycles. The van der Waals surface area contributed by atoms with Gasteiger partial charge in [0.05, 0.1) is 5.56 Å². The molecule has 16 heavy (non-hydrogen) atoms. The van der Waals surface area contributed by atoms with Crippen LogP contribution in [0.5, 0.6) is 0 Å². The van der Waals surface area contributed by atoms with Crippen LogP contribution < -0.4 is 0 Å². The van der Waals surface area contributed by atoms with Crippen molar-refractivity contribution in [2.75, 3.05) is 20.1 Å². The summed E-state index contributed by atoms with van der Waals surface area (Å²) in [5.74, 6) is -0.867. The van der Waals surface area contributed by atoms with E-state index in [-0.39, 0.29) is 0 Å². The molecule has 0 fully saturated rings. The van der Waals surface area contributed by atoms with Crippen molar-refractivity contribution in [1.29, 1.82) is 0 Å². The molecule has 1 N–H and O–H groups in total. The van der Waals surface area contributed by atoms with Crippen LogP contribution in [-0.4, -0.2) is 41.1 Å². The summed E-state index contributed by atoms with van der Waals surface area (Å²) >= 11 is 0. The normalized spacial score (nSPS) is 16.6. The van der Waals surface area contributed by atoms with E-state index in [4.69, 9.17) is 5.11 Å². The van der Waals surface area contributed by atoms with Gasteiger partial charge in [0, 0.05) is 25.0 Å². The van der Waals surface area contributed by atoms with E-state index in [1.165, 1.54) is 6.20 Å². The third-order valence-corrected chi connectivity index (χ3v) is 3.23. The topological polar surface area (TPSA) is 53.4 Å². The average molecular weight is 220 g/mol. The highest BCUT2D eigenvalue weighted by Gasteiger charge is 2.20. The molecule has 0 saturated heterocycles. The average Bonchev–Trinajstić information content (AvgIpc) is 2.42. The summed E-state index contributed by atoms with van der Waals surface area (Å²) in [6, 6.07) is 0. The first-order valence-electron chi connectivity index (χ1n) is 5.48. The number of nitrogens with zero attached hydrogens (tertiary/aromatic N) is 2. The maximum absolute atomic E-state index is 11.1. The fourth-order valence-corrected chi connectivity index (χ4v) is 2.22. The Bertz CT molecular complexity index is 429. The minimum Gasteiger partial charge on any atom is -0.478 e. The van der Waals surface area contributed by atoms with Crippen LogP contribution in [0.2, 0.25) is 0 Å². The SMILES string of the molecule is Cc1ncc(C(=O)O)c2c1CCN(C)CC2. The minimum atomic E-state index is -0.867. The van der Waals surface area contributed by atoms with Gasteiger partial charge in [0.1, 0.15) is 0 Å². The largest absolute Gasteiger partial charge is 0.478 e. The lowest BCUT2D eigenvalue weighted by Gasteiger charge is -2.11. The third kappa shape index (κ3) is 1.93. The van der Waals surface area contributed by atoms with Gasteiger partial charge in [-0.1, -0.05) is 0 Å². The predicted molar refractivity (Wildman–Crippen MR) is 60.8 cm³/mol. The Balaban J connectivity index is 2.51. The number of hydrogen-bond acceptors (Lipinski definition) is 3. The number of fused-ring (bicyclic) bond motifs is 1. The molecule has 2 rings (SSSR count). The van der Waals surface area contributed by atoms with Gasteiger partial charge in [-0.15, -0.1) is 0 Å². The van der Waals surface area contributed by atoms with Crippen molar-refractivity contribution in [3.05, 3.63) is 28.6 Å². The molecule has 2 heterocycles. The van der Waals surface area contributed by atoms with Gasteiger partial charge in [-0.25, -0.2) is 4.79 Å². The Morgan fingerprint density at radius 1 is 1.38 bits per heavy atom. The molecule has 0 spiro atoms. The fraction of sp³-hybridized carbons (Fsp3) is 0.500. The Kier molecular flexibility index (Phi) is 2.92. The predicted octanol–water partition coefficient (Wildman–Crippen LogP) is 1.12. The smallest absolute Gasteiger partial charge is 0.337 e. The zero-order valence-electron chi connectivity index (χ0n) is 9.66. The van der Waals surface area contributed by atoms with Gasteiger partial charge in [-0.2, -0.15) is 0 Å². The fourth-order valence-electron chi connectivity index (χ4n) is 2.22. The summed E-state index contributed by atoms with van der Waals surface area (Å²) in [6.45, 7) is 3.84. The minimum absolute atomic E-state index is 0.371. The molecule has 0 unspecified atom stereocenters. The first-order chi connectivity index (χ1) is 7.59. The molecular formula is C12H16N2O2. The van der Waals surface area contributed by atoms with Crippen molar-refractivity contribution in [1.82, 2.24) is 9.88 Å². The number of hydrogen-bond donors (Lipinski definition) is 1. The van der Waals surface area contributed by atoms with Gasteiger partial charge in [-0.05, 0) is 37.9 Å². The molecule has 0 atom stereocenters. The monoisotopic (exact) mass is 220 g/mol. The van der Waals surface area contributed by atoms with Gasteiger partial charge in [0.15, 0.2) is 0 Å². The second-order valence-electron chi connectivity index (χ2n) is 4.32. The van der Waals surface area contributed by atoms with Crippen LogP contribution in [0.3, 0.4) is 0 Å². The lowest BCUT2D eigenvalue weighted by atomic mass is 9.97. The van der Waals surface area contributed by atoms with E-state index in [0.29, 0.717) is 5.56 Å². The molecule has 1 aliphatic heterocycles. The van der Waals surface area contributed by atoms with Crippen LogP contribution >= 0.6 is 0 Å². The molecule has 4 nitrogen and oxygen atoms in total. The number of carbonyl (C=O) groups is 1. The number of carboxylic acids is 1. The number of pyridine rings is 1. The Hall–Kier alpha value is -1.42. The summed E-state index contributed by atoms with van der Waals surface area (Å²) < 4.78 is 0. The number of aromatic nitrogens is 1. The summed E-state index contributed by atoms with van der Waals surface area (Å²) in [5.41, 5.74) is 3.44. The molecule has 0 aliphatic carbocycles. The van der Waals surface area contributed by atoms with Crippen molar-refractivity contribution < 1.29 is 9.90 Å². The summed E-state index contributed by atoms with van der Waals surface area (Å²) in [7, 11) is 2.06. The van der Waals surface area contributed by atoms with Crippen molar-refractivity contribution in [3.63, 3.8) is 0 Å². The van der Waals surface area contributed by atoms with Gasteiger partial charge < -0.3 is 10.0 Å². The van der Waals surface area contributed by atoms with Crippen LogP contribution in [0.1, 0.15) is 27.2 Å².